The van der Waals surface area contributed by atoms with Gasteiger partial charge in [-0.05, 0) is 48.2 Å². The van der Waals surface area contributed by atoms with Gasteiger partial charge in [-0.25, -0.2) is 0 Å². The smallest absolute Gasteiger partial charge is 0.251 e. The van der Waals surface area contributed by atoms with Gasteiger partial charge in [-0.15, -0.1) is 0 Å². The van der Waals surface area contributed by atoms with E-state index in [0.29, 0.717) is 31.9 Å². The number of hydrogen-bond acceptors (Lipinski definition) is 4. The molecule has 0 unspecified atom stereocenters. The van der Waals surface area contributed by atoms with E-state index in [0.717, 1.165) is 29.9 Å². The number of ether oxygens (including phenoxy) is 3. The Bertz CT molecular complexity index is 825. The molecule has 4 rings (SSSR count). The van der Waals surface area contributed by atoms with Crippen LogP contribution < -0.4 is 14.8 Å². The summed E-state index contributed by atoms with van der Waals surface area (Å²) >= 11 is 0. The Labute approximate surface area is 166 Å². The van der Waals surface area contributed by atoms with Crippen LogP contribution in [0.4, 0.5) is 0 Å². The van der Waals surface area contributed by atoms with Gasteiger partial charge in [-0.2, -0.15) is 0 Å². The molecule has 1 saturated carbocycles. The molecule has 148 valence electrons. The first kappa shape index (κ1) is 18.8. The number of carbonyl (C=O) groups is 1. The van der Waals surface area contributed by atoms with Crippen LogP contribution in [0.5, 0.6) is 11.5 Å². The fourth-order valence-electron chi connectivity index (χ4n) is 4.26. The zero-order valence-corrected chi connectivity index (χ0v) is 16.3. The van der Waals surface area contributed by atoms with E-state index in [-0.39, 0.29) is 11.3 Å². The molecular weight excluding hydrogens is 354 g/mol. The molecule has 5 nitrogen and oxygen atoms in total. The summed E-state index contributed by atoms with van der Waals surface area (Å²) in [6.45, 7) is 2.36. The van der Waals surface area contributed by atoms with Crippen molar-refractivity contribution in [3.8, 4) is 11.5 Å². The quantitative estimate of drug-likeness (QED) is 0.826. The van der Waals surface area contributed by atoms with Gasteiger partial charge in [0.15, 0.2) is 11.5 Å². The molecule has 0 radical (unpaired) electrons. The van der Waals surface area contributed by atoms with Gasteiger partial charge in [0.05, 0.1) is 6.61 Å². The number of nitrogens with one attached hydrogen (secondary N) is 1. The van der Waals surface area contributed by atoms with Crippen LogP contribution in [0.1, 0.15) is 47.2 Å². The highest BCUT2D eigenvalue weighted by Crippen LogP contribution is 2.43. The van der Waals surface area contributed by atoms with Crippen molar-refractivity contribution < 1.29 is 19.0 Å². The summed E-state index contributed by atoms with van der Waals surface area (Å²) in [5.41, 5.74) is 2.92. The maximum atomic E-state index is 12.7. The molecule has 1 fully saturated rings. The lowest BCUT2D eigenvalue weighted by Gasteiger charge is -2.31. The molecule has 2 aromatic carbocycles. The molecule has 0 saturated heterocycles. The first-order valence-electron chi connectivity index (χ1n) is 9.96. The summed E-state index contributed by atoms with van der Waals surface area (Å²) in [6.07, 6.45) is 4.49. The molecule has 1 amide bonds. The molecule has 1 N–H and O–H groups in total. The summed E-state index contributed by atoms with van der Waals surface area (Å²) in [4.78, 5) is 12.7. The van der Waals surface area contributed by atoms with Crippen molar-refractivity contribution in [2.75, 3.05) is 26.9 Å². The monoisotopic (exact) mass is 381 g/mol. The van der Waals surface area contributed by atoms with Gasteiger partial charge in [0, 0.05) is 24.6 Å². The van der Waals surface area contributed by atoms with Crippen molar-refractivity contribution in [3.05, 3.63) is 59.2 Å². The van der Waals surface area contributed by atoms with E-state index in [9.17, 15) is 4.79 Å². The van der Waals surface area contributed by atoms with Crippen LogP contribution >= 0.6 is 0 Å². The number of carbonyl (C=O) groups excluding carboxylic acids is 1. The third kappa shape index (κ3) is 3.85. The van der Waals surface area contributed by atoms with Crippen molar-refractivity contribution in [2.45, 2.75) is 37.7 Å². The van der Waals surface area contributed by atoms with Crippen molar-refractivity contribution in [1.82, 2.24) is 5.32 Å². The third-order valence-corrected chi connectivity index (χ3v) is 5.83. The van der Waals surface area contributed by atoms with Gasteiger partial charge >= 0.3 is 0 Å². The molecule has 2 aliphatic rings. The third-order valence-electron chi connectivity index (χ3n) is 5.83. The Balaban J connectivity index is 1.48. The van der Waals surface area contributed by atoms with Gasteiger partial charge in [0.2, 0.25) is 0 Å². The van der Waals surface area contributed by atoms with Crippen molar-refractivity contribution in [3.63, 3.8) is 0 Å². The molecule has 0 bridgehead atoms. The highest BCUT2D eigenvalue weighted by molar-refractivity contribution is 5.94. The topological polar surface area (TPSA) is 56.8 Å². The SMILES string of the molecule is COCc1ccc(C(=O)NCC2(c3ccc4c(c3)OCCO4)CCCC2)cc1. The standard InChI is InChI=1S/C23H27NO4/c1-26-15-17-4-6-18(7-5-17)22(25)24-16-23(10-2-3-11-23)19-8-9-20-21(14-19)28-13-12-27-20/h4-9,14H,2-3,10-13,15-16H2,1H3,(H,24,25). The van der Waals surface area contributed by atoms with Crippen LogP contribution in [0.15, 0.2) is 42.5 Å². The number of fused-ring (bicyclic) bond motifs is 1. The highest BCUT2D eigenvalue weighted by atomic mass is 16.6. The summed E-state index contributed by atoms with van der Waals surface area (Å²) in [5.74, 6) is 1.59. The maximum absolute atomic E-state index is 12.7. The van der Waals surface area contributed by atoms with E-state index in [1.165, 1.54) is 18.4 Å². The van der Waals surface area contributed by atoms with Gasteiger partial charge in [-0.3, -0.25) is 4.79 Å². The van der Waals surface area contributed by atoms with Crippen LogP contribution in [0, 0.1) is 0 Å². The Morgan fingerprint density at radius 2 is 1.75 bits per heavy atom. The van der Waals surface area contributed by atoms with Crippen molar-refractivity contribution in [2.24, 2.45) is 0 Å². The normalized spacial score (nSPS) is 17.3. The lowest BCUT2D eigenvalue weighted by molar-refractivity contribution is 0.0943. The number of hydrogen-bond donors (Lipinski definition) is 1. The zero-order chi connectivity index (χ0) is 19.4. The maximum Gasteiger partial charge on any atom is 0.251 e. The van der Waals surface area contributed by atoms with E-state index in [4.69, 9.17) is 14.2 Å². The summed E-state index contributed by atoms with van der Waals surface area (Å²) < 4.78 is 16.6. The van der Waals surface area contributed by atoms with E-state index in [1.54, 1.807) is 7.11 Å². The Hall–Kier alpha value is -2.53. The number of methoxy groups -OCH3 is 1. The Morgan fingerprint density at radius 3 is 2.46 bits per heavy atom. The molecule has 1 heterocycles. The van der Waals surface area contributed by atoms with Crippen LogP contribution in [0.3, 0.4) is 0 Å². The number of rotatable bonds is 6. The second kappa shape index (κ2) is 8.23. The first-order valence-corrected chi connectivity index (χ1v) is 9.96. The molecule has 5 heteroatoms. The molecular formula is C23H27NO4. The molecule has 28 heavy (non-hydrogen) atoms. The molecule has 0 aromatic heterocycles. The van der Waals surface area contributed by atoms with Crippen LogP contribution in [0.25, 0.3) is 0 Å². The van der Waals surface area contributed by atoms with E-state index >= 15 is 0 Å². The number of benzene rings is 2. The zero-order valence-electron chi connectivity index (χ0n) is 16.3. The Morgan fingerprint density at radius 1 is 1.04 bits per heavy atom. The molecule has 1 aliphatic carbocycles. The van der Waals surface area contributed by atoms with Gasteiger partial charge in [0.1, 0.15) is 13.2 Å². The van der Waals surface area contributed by atoms with Crippen molar-refractivity contribution in [1.29, 1.82) is 0 Å². The van der Waals surface area contributed by atoms with Crippen LogP contribution in [-0.2, 0) is 16.8 Å². The fourth-order valence-corrected chi connectivity index (χ4v) is 4.26. The van der Waals surface area contributed by atoms with Gasteiger partial charge < -0.3 is 19.5 Å². The average molecular weight is 381 g/mol. The summed E-state index contributed by atoms with van der Waals surface area (Å²) in [5, 5.41) is 3.17. The summed E-state index contributed by atoms with van der Waals surface area (Å²) in [6, 6.07) is 13.8. The predicted octanol–water partition coefficient (Wildman–Crippen LogP) is 3.85. The van der Waals surface area contributed by atoms with E-state index in [2.05, 4.69) is 17.4 Å². The highest BCUT2D eigenvalue weighted by Gasteiger charge is 2.36. The Kier molecular flexibility index (Phi) is 5.53. The predicted molar refractivity (Wildman–Crippen MR) is 107 cm³/mol. The first-order chi connectivity index (χ1) is 13.7. The minimum Gasteiger partial charge on any atom is -0.486 e. The van der Waals surface area contributed by atoms with Crippen molar-refractivity contribution >= 4 is 5.91 Å². The van der Waals surface area contributed by atoms with Crippen LogP contribution in [0.2, 0.25) is 0 Å². The lowest BCUT2D eigenvalue weighted by Crippen LogP contribution is -2.39. The van der Waals surface area contributed by atoms with E-state index in [1.807, 2.05) is 30.3 Å². The lowest BCUT2D eigenvalue weighted by atomic mass is 9.78. The minimum absolute atomic E-state index is 0.0345. The van der Waals surface area contributed by atoms with Gasteiger partial charge in [0.25, 0.3) is 5.91 Å². The molecule has 1 aliphatic heterocycles. The van der Waals surface area contributed by atoms with Crippen LogP contribution in [-0.4, -0.2) is 32.8 Å². The second-order valence-electron chi connectivity index (χ2n) is 7.66. The number of amides is 1. The van der Waals surface area contributed by atoms with Gasteiger partial charge in [-0.1, -0.05) is 31.0 Å². The summed E-state index contributed by atoms with van der Waals surface area (Å²) in [7, 11) is 1.67. The van der Waals surface area contributed by atoms with E-state index < -0.39 is 0 Å². The fraction of sp³-hybridized carbons (Fsp3) is 0.435. The average Bonchev–Trinajstić information content (AvgIpc) is 3.23. The minimum atomic E-state index is -0.0402. The second-order valence-corrected chi connectivity index (χ2v) is 7.66. The largest absolute Gasteiger partial charge is 0.486 e. The molecule has 2 aromatic rings. The molecule has 0 spiro atoms. The molecule has 0 atom stereocenters.